The molecule has 0 aromatic heterocycles. The minimum absolute atomic E-state index is 0.756. The highest BCUT2D eigenvalue weighted by molar-refractivity contribution is 7.99. The highest BCUT2D eigenvalue weighted by atomic mass is 32.2. The number of hydrogen-bond donors (Lipinski definition) is 1. The van der Waals surface area contributed by atoms with Crippen molar-refractivity contribution in [1.29, 1.82) is 0 Å². The second kappa shape index (κ2) is 7.20. The minimum Gasteiger partial charge on any atom is -0.313 e. The fourth-order valence-electron chi connectivity index (χ4n) is 3.04. The van der Waals surface area contributed by atoms with Gasteiger partial charge in [-0.1, -0.05) is 38.5 Å². The highest BCUT2D eigenvalue weighted by Crippen LogP contribution is 2.33. The van der Waals surface area contributed by atoms with Gasteiger partial charge in [0.25, 0.3) is 0 Å². The molecule has 0 amide bonds. The molecule has 0 heterocycles. The van der Waals surface area contributed by atoms with Gasteiger partial charge in [-0.15, -0.1) is 11.8 Å². The van der Waals surface area contributed by atoms with Gasteiger partial charge in [0.2, 0.25) is 0 Å². The average Bonchev–Trinajstić information content (AvgIpc) is 2.77. The molecule has 2 heteroatoms. The van der Waals surface area contributed by atoms with Gasteiger partial charge in [0.15, 0.2) is 0 Å². The van der Waals surface area contributed by atoms with Crippen molar-refractivity contribution in [3.05, 3.63) is 30.3 Å². The van der Waals surface area contributed by atoms with E-state index < -0.39 is 0 Å². The SMILES string of the molecule is CCC1CCC(NCCSc2ccccc2)C1C. The summed E-state index contributed by atoms with van der Waals surface area (Å²) in [7, 11) is 0. The Kier molecular flexibility index (Phi) is 5.58. The highest BCUT2D eigenvalue weighted by Gasteiger charge is 2.30. The summed E-state index contributed by atoms with van der Waals surface area (Å²) in [5.41, 5.74) is 0. The van der Waals surface area contributed by atoms with Crippen molar-refractivity contribution >= 4 is 11.8 Å². The molecule has 0 aliphatic heterocycles. The summed E-state index contributed by atoms with van der Waals surface area (Å²) in [6.07, 6.45) is 4.13. The zero-order valence-corrected chi connectivity index (χ0v) is 12.4. The third kappa shape index (κ3) is 3.76. The van der Waals surface area contributed by atoms with E-state index in [2.05, 4.69) is 49.5 Å². The Hall–Kier alpha value is -0.470. The molecule has 1 nitrogen and oxygen atoms in total. The Labute approximate surface area is 116 Å². The summed E-state index contributed by atoms with van der Waals surface area (Å²) >= 11 is 1.95. The van der Waals surface area contributed by atoms with Gasteiger partial charge in [-0.3, -0.25) is 0 Å². The topological polar surface area (TPSA) is 12.0 Å². The molecule has 18 heavy (non-hydrogen) atoms. The molecule has 1 aliphatic carbocycles. The molecule has 1 aliphatic rings. The van der Waals surface area contributed by atoms with Crippen molar-refractivity contribution in [2.45, 2.75) is 44.0 Å². The molecule has 1 fully saturated rings. The van der Waals surface area contributed by atoms with Crippen molar-refractivity contribution in [2.75, 3.05) is 12.3 Å². The molecular formula is C16H25NS. The largest absolute Gasteiger partial charge is 0.313 e. The van der Waals surface area contributed by atoms with Gasteiger partial charge >= 0.3 is 0 Å². The Bertz CT molecular complexity index is 338. The van der Waals surface area contributed by atoms with Crippen LogP contribution < -0.4 is 5.32 Å². The standard InChI is InChI=1S/C16H25NS/c1-3-14-9-10-16(13(14)2)17-11-12-18-15-7-5-4-6-8-15/h4-8,13-14,16-17H,3,9-12H2,1-2H3. The summed E-state index contributed by atoms with van der Waals surface area (Å²) in [6, 6.07) is 11.4. The number of hydrogen-bond acceptors (Lipinski definition) is 2. The van der Waals surface area contributed by atoms with Crippen LogP contribution in [0.5, 0.6) is 0 Å². The predicted molar refractivity (Wildman–Crippen MR) is 81.1 cm³/mol. The molecule has 100 valence electrons. The maximum Gasteiger partial charge on any atom is 0.0106 e. The third-order valence-corrected chi connectivity index (χ3v) is 5.29. The first kappa shape index (κ1) is 14.0. The molecule has 3 unspecified atom stereocenters. The molecule has 0 radical (unpaired) electrons. The second-order valence-electron chi connectivity index (χ2n) is 5.33. The van der Waals surface area contributed by atoms with E-state index in [1.807, 2.05) is 11.8 Å². The van der Waals surface area contributed by atoms with Crippen LogP contribution in [0.4, 0.5) is 0 Å². The zero-order chi connectivity index (χ0) is 12.8. The van der Waals surface area contributed by atoms with E-state index in [4.69, 9.17) is 0 Å². The quantitative estimate of drug-likeness (QED) is 0.610. The van der Waals surface area contributed by atoms with Crippen LogP contribution >= 0.6 is 11.8 Å². The molecule has 1 aromatic rings. The van der Waals surface area contributed by atoms with Crippen LogP contribution in [0.3, 0.4) is 0 Å². The summed E-state index contributed by atoms with van der Waals surface area (Å²) in [5.74, 6) is 2.98. The van der Waals surface area contributed by atoms with Crippen LogP contribution in [0.2, 0.25) is 0 Å². The number of thioether (sulfide) groups is 1. The zero-order valence-electron chi connectivity index (χ0n) is 11.6. The smallest absolute Gasteiger partial charge is 0.0106 e. The maximum atomic E-state index is 3.75. The van der Waals surface area contributed by atoms with Gasteiger partial charge in [0, 0.05) is 23.2 Å². The molecule has 0 spiro atoms. The summed E-state index contributed by atoms with van der Waals surface area (Å²) < 4.78 is 0. The fourth-order valence-corrected chi connectivity index (χ4v) is 3.85. The van der Waals surface area contributed by atoms with Gasteiger partial charge in [-0.2, -0.15) is 0 Å². The second-order valence-corrected chi connectivity index (χ2v) is 6.50. The van der Waals surface area contributed by atoms with Gasteiger partial charge in [0.1, 0.15) is 0 Å². The molecule has 1 aromatic carbocycles. The van der Waals surface area contributed by atoms with Crippen LogP contribution in [0.15, 0.2) is 35.2 Å². The van der Waals surface area contributed by atoms with Crippen LogP contribution in [0.25, 0.3) is 0 Å². The lowest BCUT2D eigenvalue weighted by molar-refractivity contribution is 0.350. The monoisotopic (exact) mass is 263 g/mol. The Morgan fingerprint density at radius 3 is 2.67 bits per heavy atom. The lowest BCUT2D eigenvalue weighted by atomic mass is 9.93. The first-order valence-corrected chi connectivity index (χ1v) is 8.21. The van der Waals surface area contributed by atoms with Crippen molar-refractivity contribution in [2.24, 2.45) is 11.8 Å². The number of nitrogens with one attached hydrogen (secondary N) is 1. The lowest BCUT2D eigenvalue weighted by Gasteiger charge is -2.20. The van der Waals surface area contributed by atoms with E-state index in [1.54, 1.807) is 0 Å². The Balaban J connectivity index is 1.64. The van der Waals surface area contributed by atoms with Crippen molar-refractivity contribution in [3.8, 4) is 0 Å². The summed E-state index contributed by atoms with van der Waals surface area (Å²) in [5, 5.41) is 3.75. The predicted octanol–water partition coefficient (Wildman–Crippen LogP) is 4.19. The average molecular weight is 263 g/mol. The first-order chi connectivity index (χ1) is 8.81. The molecule has 1 saturated carbocycles. The maximum absolute atomic E-state index is 3.75. The Morgan fingerprint density at radius 1 is 1.22 bits per heavy atom. The van der Waals surface area contributed by atoms with E-state index >= 15 is 0 Å². The Morgan fingerprint density at radius 2 is 2.00 bits per heavy atom. The van der Waals surface area contributed by atoms with E-state index in [0.717, 1.165) is 24.4 Å². The van der Waals surface area contributed by atoms with Gasteiger partial charge in [-0.05, 0) is 36.8 Å². The molecule has 0 saturated heterocycles. The van der Waals surface area contributed by atoms with Crippen molar-refractivity contribution < 1.29 is 0 Å². The molecule has 1 N–H and O–H groups in total. The normalized spacial score (nSPS) is 27.6. The number of rotatable bonds is 6. The van der Waals surface area contributed by atoms with Crippen molar-refractivity contribution in [1.82, 2.24) is 5.32 Å². The number of benzene rings is 1. The van der Waals surface area contributed by atoms with Crippen LogP contribution in [-0.4, -0.2) is 18.3 Å². The molecule has 2 rings (SSSR count). The van der Waals surface area contributed by atoms with Crippen LogP contribution in [0, 0.1) is 11.8 Å². The van der Waals surface area contributed by atoms with Crippen molar-refractivity contribution in [3.63, 3.8) is 0 Å². The molecule has 3 atom stereocenters. The summed E-state index contributed by atoms with van der Waals surface area (Å²) in [4.78, 5) is 1.38. The van der Waals surface area contributed by atoms with Gasteiger partial charge in [-0.25, -0.2) is 0 Å². The molecular weight excluding hydrogens is 238 g/mol. The summed E-state index contributed by atoms with van der Waals surface area (Å²) in [6.45, 7) is 5.88. The first-order valence-electron chi connectivity index (χ1n) is 7.22. The third-order valence-electron chi connectivity index (χ3n) is 4.27. The van der Waals surface area contributed by atoms with Crippen LogP contribution in [-0.2, 0) is 0 Å². The van der Waals surface area contributed by atoms with E-state index in [0.29, 0.717) is 0 Å². The van der Waals surface area contributed by atoms with E-state index in [9.17, 15) is 0 Å². The van der Waals surface area contributed by atoms with E-state index in [-0.39, 0.29) is 0 Å². The minimum atomic E-state index is 0.756. The lowest BCUT2D eigenvalue weighted by Crippen LogP contribution is -2.34. The van der Waals surface area contributed by atoms with Crippen LogP contribution in [0.1, 0.15) is 33.1 Å². The van der Waals surface area contributed by atoms with Gasteiger partial charge in [0.05, 0.1) is 0 Å². The fraction of sp³-hybridized carbons (Fsp3) is 0.625. The molecule has 0 bridgehead atoms. The van der Waals surface area contributed by atoms with Gasteiger partial charge < -0.3 is 5.32 Å². The van der Waals surface area contributed by atoms with E-state index in [1.165, 1.54) is 29.9 Å².